The summed E-state index contributed by atoms with van der Waals surface area (Å²) in [7, 11) is 4.42. The molecule has 3 rings (SSSR count). The molecule has 1 N–H and O–H groups in total. The Kier molecular flexibility index (Phi) is 9.23. The molecule has 9 heteroatoms. The normalized spacial score (nSPS) is 10.9. The molecule has 0 fully saturated rings. The van der Waals surface area contributed by atoms with Crippen molar-refractivity contribution >= 4 is 45.2 Å². The molecule has 1 amide bonds. The van der Waals surface area contributed by atoms with Gasteiger partial charge in [0, 0.05) is 12.1 Å². The second kappa shape index (κ2) is 12.3. The zero-order valence-electron chi connectivity index (χ0n) is 20.1. The average Bonchev–Trinajstić information content (AvgIpc) is 2.87. The van der Waals surface area contributed by atoms with Crippen LogP contribution in [0.3, 0.4) is 0 Å². The molecule has 0 spiro atoms. The van der Waals surface area contributed by atoms with Gasteiger partial charge in [-0.05, 0) is 52.2 Å². The fourth-order valence-electron chi connectivity index (χ4n) is 3.27. The van der Waals surface area contributed by atoms with Crippen LogP contribution < -0.4 is 24.3 Å². The fourth-order valence-corrected chi connectivity index (χ4v) is 4.07. The number of halogens is 2. The molecule has 186 valence electrons. The number of rotatable bonds is 9. The summed E-state index contributed by atoms with van der Waals surface area (Å²) in [6, 6.07) is 16.4. The van der Waals surface area contributed by atoms with Crippen LogP contribution >= 0.6 is 27.5 Å². The van der Waals surface area contributed by atoms with Gasteiger partial charge in [0.2, 0.25) is 0 Å². The Balaban J connectivity index is 1.85. The van der Waals surface area contributed by atoms with E-state index in [1.165, 1.54) is 45.1 Å². The van der Waals surface area contributed by atoms with Gasteiger partial charge < -0.3 is 24.3 Å². The zero-order valence-corrected chi connectivity index (χ0v) is 22.5. The molecule has 0 bridgehead atoms. The van der Waals surface area contributed by atoms with Gasteiger partial charge in [-0.15, -0.1) is 0 Å². The van der Waals surface area contributed by atoms with Crippen molar-refractivity contribution < 1.29 is 23.7 Å². The summed E-state index contributed by atoms with van der Waals surface area (Å²) in [6.45, 7) is 2.37. The summed E-state index contributed by atoms with van der Waals surface area (Å²) in [5, 5.41) is 12.7. The summed E-state index contributed by atoms with van der Waals surface area (Å²) in [4.78, 5) is 12.9. The predicted octanol–water partition coefficient (Wildman–Crippen LogP) is 6.56. The van der Waals surface area contributed by atoms with Crippen molar-refractivity contribution in [2.24, 2.45) is 0 Å². The van der Waals surface area contributed by atoms with E-state index in [1.54, 1.807) is 12.1 Å². The second-order valence-electron chi connectivity index (χ2n) is 7.62. The Hall–Kier alpha value is -3.67. The van der Waals surface area contributed by atoms with E-state index in [0.717, 1.165) is 5.56 Å². The van der Waals surface area contributed by atoms with Crippen LogP contribution in [-0.2, 0) is 11.4 Å². The predicted molar refractivity (Wildman–Crippen MR) is 143 cm³/mol. The first-order valence-corrected chi connectivity index (χ1v) is 11.9. The molecule has 0 heterocycles. The Bertz CT molecular complexity index is 1330. The maximum absolute atomic E-state index is 12.9. The van der Waals surface area contributed by atoms with Crippen LogP contribution in [0.4, 0.5) is 5.69 Å². The highest BCUT2D eigenvalue weighted by Crippen LogP contribution is 2.38. The lowest BCUT2D eigenvalue weighted by molar-refractivity contribution is -0.112. The third-order valence-electron chi connectivity index (χ3n) is 5.15. The molecule has 0 aliphatic rings. The smallest absolute Gasteiger partial charge is 0.266 e. The van der Waals surface area contributed by atoms with Gasteiger partial charge in [0.15, 0.2) is 11.5 Å². The van der Waals surface area contributed by atoms with Crippen molar-refractivity contribution in [3.63, 3.8) is 0 Å². The Morgan fingerprint density at radius 3 is 2.31 bits per heavy atom. The number of anilines is 1. The number of amides is 1. The Morgan fingerprint density at radius 1 is 1.03 bits per heavy atom. The standard InChI is InChI=1S/C27H24BrClN2O5/c1-16-5-7-17(8-6-16)15-36-26-20(28)10-18(11-25(26)35-4)9-19(14-30)27(32)31-22-13-23(33-2)21(29)12-24(22)34-3/h5-13H,15H2,1-4H3,(H,31,32)/b19-9+. The molecule has 36 heavy (non-hydrogen) atoms. The highest BCUT2D eigenvalue weighted by Gasteiger charge is 2.17. The first kappa shape index (κ1) is 26.9. The van der Waals surface area contributed by atoms with E-state index >= 15 is 0 Å². The molecule has 0 unspecified atom stereocenters. The van der Waals surface area contributed by atoms with Crippen LogP contribution in [0.1, 0.15) is 16.7 Å². The minimum atomic E-state index is -0.630. The number of carbonyl (C=O) groups is 1. The third-order valence-corrected chi connectivity index (χ3v) is 6.04. The number of benzene rings is 3. The van der Waals surface area contributed by atoms with Crippen molar-refractivity contribution in [3.05, 3.63) is 80.3 Å². The van der Waals surface area contributed by atoms with Crippen LogP contribution in [0.15, 0.2) is 58.6 Å². The van der Waals surface area contributed by atoms with Gasteiger partial charge in [0.1, 0.15) is 29.7 Å². The topological polar surface area (TPSA) is 89.8 Å². The summed E-state index contributed by atoms with van der Waals surface area (Å²) in [5.74, 6) is 1.01. The fraction of sp³-hybridized carbons (Fsp3) is 0.185. The van der Waals surface area contributed by atoms with Crippen molar-refractivity contribution in [2.75, 3.05) is 26.6 Å². The minimum absolute atomic E-state index is 0.131. The molecule has 0 aliphatic heterocycles. The van der Waals surface area contributed by atoms with Crippen molar-refractivity contribution in [1.29, 1.82) is 5.26 Å². The van der Waals surface area contributed by atoms with E-state index in [-0.39, 0.29) is 5.57 Å². The Morgan fingerprint density at radius 2 is 1.69 bits per heavy atom. The molecule has 0 atom stereocenters. The summed E-state index contributed by atoms with van der Waals surface area (Å²) < 4.78 is 22.6. The van der Waals surface area contributed by atoms with Gasteiger partial charge in [-0.2, -0.15) is 5.26 Å². The average molecular weight is 572 g/mol. The number of nitrogens with one attached hydrogen (secondary N) is 1. The summed E-state index contributed by atoms with van der Waals surface area (Å²) in [6.07, 6.45) is 1.45. The molecular weight excluding hydrogens is 548 g/mol. The van der Waals surface area contributed by atoms with E-state index in [9.17, 15) is 10.1 Å². The number of aryl methyl sites for hydroxylation is 1. The molecule has 0 saturated carbocycles. The number of methoxy groups -OCH3 is 3. The molecule has 0 radical (unpaired) electrons. The van der Waals surface area contributed by atoms with Crippen LogP contribution in [0.2, 0.25) is 5.02 Å². The largest absolute Gasteiger partial charge is 0.495 e. The van der Waals surface area contributed by atoms with Gasteiger partial charge in [-0.1, -0.05) is 41.4 Å². The van der Waals surface area contributed by atoms with Crippen LogP contribution in [0, 0.1) is 18.3 Å². The monoisotopic (exact) mass is 570 g/mol. The molecule has 3 aromatic carbocycles. The number of hydrogen-bond donors (Lipinski definition) is 1. The van der Waals surface area contributed by atoms with Crippen LogP contribution in [-0.4, -0.2) is 27.2 Å². The minimum Gasteiger partial charge on any atom is -0.495 e. The van der Waals surface area contributed by atoms with Crippen LogP contribution in [0.5, 0.6) is 23.0 Å². The highest BCUT2D eigenvalue weighted by molar-refractivity contribution is 9.10. The number of ether oxygens (including phenoxy) is 4. The summed E-state index contributed by atoms with van der Waals surface area (Å²) >= 11 is 9.63. The molecule has 7 nitrogen and oxygen atoms in total. The van der Waals surface area contributed by atoms with Crippen LogP contribution in [0.25, 0.3) is 6.08 Å². The molecule has 0 saturated heterocycles. The molecule has 0 aliphatic carbocycles. The lowest BCUT2D eigenvalue weighted by Crippen LogP contribution is -2.14. The lowest BCUT2D eigenvalue weighted by atomic mass is 10.1. The lowest BCUT2D eigenvalue weighted by Gasteiger charge is -2.14. The first-order valence-electron chi connectivity index (χ1n) is 10.7. The highest BCUT2D eigenvalue weighted by atomic mass is 79.9. The number of carbonyl (C=O) groups excluding carboxylic acids is 1. The molecular formula is C27H24BrClN2O5. The maximum atomic E-state index is 12.9. The van der Waals surface area contributed by atoms with E-state index < -0.39 is 5.91 Å². The van der Waals surface area contributed by atoms with E-state index in [0.29, 0.717) is 50.4 Å². The SMILES string of the molecule is COc1cc(NC(=O)/C(C#N)=C/c2cc(Br)c(OCc3ccc(C)cc3)c(OC)c2)c(OC)cc1Cl. The second-order valence-corrected chi connectivity index (χ2v) is 8.88. The van der Waals surface area contributed by atoms with E-state index in [2.05, 4.69) is 21.2 Å². The number of hydrogen-bond acceptors (Lipinski definition) is 6. The van der Waals surface area contributed by atoms with Gasteiger partial charge in [0.05, 0.1) is 36.5 Å². The first-order chi connectivity index (χ1) is 17.3. The van der Waals surface area contributed by atoms with E-state index in [1.807, 2.05) is 37.3 Å². The molecule has 0 aromatic heterocycles. The zero-order chi connectivity index (χ0) is 26.2. The summed E-state index contributed by atoms with van der Waals surface area (Å²) in [5.41, 5.74) is 2.92. The number of nitriles is 1. The quantitative estimate of drug-likeness (QED) is 0.231. The Labute approximate surface area is 223 Å². The van der Waals surface area contributed by atoms with Crippen molar-refractivity contribution in [3.8, 4) is 29.1 Å². The van der Waals surface area contributed by atoms with Gasteiger partial charge >= 0.3 is 0 Å². The van der Waals surface area contributed by atoms with E-state index in [4.69, 9.17) is 30.5 Å². The third kappa shape index (κ3) is 6.51. The van der Waals surface area contributed by atoms with Crippen molar-refractivity contribution in [1.82, 2.24) is 0 Å². The van der Waals surface area contributed by atoms with Gasteiger partial charge in [-0.25, -0.2) is 0 Å². The van der Waals surface area contributed by atoms with Gasteiger partial charge in [-0.3, -0.25) is 4.79 Å². The maximum Gasteiger partial charge on any atom is 0.266 e. The van der Waals surface area contributed by atoms with Crippen molar-refractivity contribution in [2.45, 2.75) is 13.5 Å². The number of nitrogens with zero attached hydrogens (tertiary/aromatic N) is 1. The van der Waals surface area contributed by atoms with Gasteiger partial charge in [0.25, 0.3) is 5.91 Å². The molecule has 3 aromatic rings.